The highest BCUT2D eigenvalue weighted by Crippen LogP contribution is 2.25. The van der Waals surface area contributed by atoms with Crippen molar-refractivity contribution < 1.29 is 0 Å². The monoisotopic (exact) mass is 340 g/mol. The van der Waals surface area contributed by atoms with Crippen LogP contribution < -0.4 is 9.80 Å². The molecule has 0 atom stereocenters. The number of aromatic nitrogens is 4. The minimum atomic E-state index is 0.820. The number of piperazine rings is 1. The van der Waals surface area contributed by atoms with E-state index in [1.807, 2.05) is 36.9 Å². The van der Waals surface area contributed by atoms with E-state index in [-0.39, 0.29) is 0 Å². The summed E-state index contributed by atoms with van der Waals surface area (Å²) in [6.07, 6.45) is 0. The molecule has 0 spiro atoms. The largest absolute Gasteiger partial charge is 0.353 e. The highest BCUT2D eigenvalue weighted by atomic mass is 32.1. The van der Waals surface area contributed by atoms with Crippen LogP contribution in [0.3, 0.4) is 0 Å². The van der Waals surface area contributed by atoms with E-state index in [9.17, 15) is 0 Å². The molecule has 1 fully saturated rings. The Kier molecular flexibility index (Phi) is 3.93. The van der Waals surface area contributed by atoms with Crippen molar-refractivity contribution in [2.45, 2.75) is 6.92 Å². The zero-order valence-electron chi connectivity index (χ0n) is 13.9. The standard InChI is InChI=1S/C17H20N6S/c1-13-12-15(21(2)19-13)22-8-10-23(11-9-22)17-18-16(20-24-17)14-6-4-3-5-7-14/h3-7,12H,8-11H2,1-2H3. The molecule has 124 valence electrons. The van der Waals surface area contributed by atoms with E-state index in [2.05, 4.69) is 37.5 Å². The summed E-state index contributed by atoms with van der Waals surface area (Å²) in [5.41, 5.74) is 2.13. The van der Waals surface area contributed by atoms with Gasteiger partial charge in [-0.05, 0) is 6.92 Å². The molecule has 4 rings (SSSR count). The Hall–Kier alpha value is -2.41. The first kappa shape index (κ1) is 15.1. The van der Waals surface area contributed by atoms with E-state index in [0.29, 0.717) is 0 Å². The molecule has 6 nitrogen and oxygen atoms in total. The lowest BCUT2D eigenvalue weighted by Gasteiger charge is -2.35. The van der Waals surface area contributed by atoms with Crippen molar-refractivity contribution in [1.29, 1.82) is 0 Å². The summed E-state index contributed by atoms with van der Waals surface area (Å²) in [4.78, 5) is 9.43. The van der Waals surface area contributed by atoms with Crippen molar-refractivity contribution in [2.75, 3.05) is 36.0 Å². The van der Waals surface area contributed by atoms with E-state index >= 15 is 0 Å². The highest BCUT2D eigenvalue weighted by Gasteiger charge is 2.22. The van der Waals surface area contributed by atoms with Crippen LogP contribution in [-0.2, 0) is 7.05 Å². The lowest BCUT2D eigenvalue weighted by molar-refractivity contribution is 0.623. The van der Waals surface area contributed by atoms with Gasteiger partial charge in [0.2, 0.25) is 5.13 Å². The Morgan fingerprint density at radius 2 is 1.71 bits per heavy atom. The summed E-state index contributed by atoms with van der Waals surface area (Å²) in [6, 6.07) is 12.3. The van der Waals surface area contributed by atoms with Crippen LogP contribution in [0.5, 0.6) is 0 Å². The van der Waals surface area contributed by atoms with Gasteiger partial charge in [0, 0.05) is 56.4 Å². The van der Waals surface area contributed by atoms with Crippen LogP contribution in [0.15, 0.2) is 36.4 Å². The van der Waals surface area contributed by atoms with Crippen molar-refractivity contribution in [2.24, 2.45) is 7.05 Å². The molecule has 1 aliphatic heterocycles. The second-order valence-corrected chi connectivity index (χ2v) is 6.74. The van der Waals surface area contributed by atoms with Gasteiger partial charge in [-0.3, -0.25) is 4.68 Å². The molecule has 0 unspecified atom stereocenters. The van der Waals surface area contributed by atoms with Crippen molar-refractivity contribution in [3.8, 4) is 11.4 Å². The number of nitrogens with zero attached hydrogens (tertiary/aromatic N) is 6. The van der Waals surface area contributed by atoms with Crippen LogP contribution in [-0.4, -0.2) is 45.3 Å². The first-order valence-electron chi connectivity index (χ1n) is 8.10. The Labute approximate surface area is 145 Å². The van der Waals surface area contributed by atoms with Crippen LogP contribution in [0.4, 0.5) is 10.9 Å². The molecule has 1 aromatic carbocycles. The topological polar surface area (TPSA) is 50.1 Å². The average Bonchev–Trinajstić information content (AvgIpc) is 3.22. The number of hydrogen-bond acceptors (Lipinski definition) is 6. The van der Waals surface area contributed by atoms with E-state index in [1.165, 1.54) is 17.4 Å². The predicted octanol–water partition coefficient (Wildman–Crippen LogP) is 2.57. The van der Waals surface area contributed by atoms with Gasteiger partial charge in [-0.15, -0.1) is 0 Å². The number of hydrogen-bond donors (Lipinski definition) is 0. The molecule has 0 aliphatic carbocycles. The summed E-state index contributed by atoms with van der Waals surface area (Å²) in [7, 11) is 2.01. The number of anilines is 2. The van der Waals surface area contributed by atoms with Crippen LogP contribution in [0, 0.1) is 6.92 Å². The van der Waals surface area contributed by atoms with Gasteiger partial charge >= 0.3 is 0 Å². The minimum Gasteiger partial charge on any atom is -0.353 e. The summed E-state index contributed by atoms with van der Waals surface area (Å²) < 4.78 is 6.48. The third kappa shape index (κ3) is 2.87. The predicted molar refractivity (Wildman–Crippen MR) is 97.7 cm³/mol. The van der Waals surface area contributed by atoms with Gasteiger partial charge in [-0.1, -0.05) is 30.3 Å². The Morgan fingerprint density at radius 1 is 1.00 bits per heavy atom. The van der Waals surface area contributed by atoms with Crippen LogP contribution in [0.1, 0.15) is 5.69 Å². The van der Waals surface area contributed by atoms with Gasteiger partial charge in [0.1, 0.15) is 5.82 Å². The number of benzene rings is 1. The molecular formula is C17H20N6S. The molecule has 1 saturated heterocycles. The third-order valence-electron chi connectivity index (χ3n) is 4.30. The molecule has 0 amide bonds. The fourth-order valence-corrected chi connectivity index (χ4v) is 3.81. The molecule has 2 aromatic heterocycles. The zero-order valence-corrected chi connectivity index (χ0v) is 14.7. The smallest absolute Gasteiger partial charge is 0.205 e. The second-order valence-electron chi connectivity index (χ2n) is 6.01. The Morgan fingerprint density at radius 3 is 2.38 bits per heavy atom. The summed E-state index contributed by atoms with van der Waals surface area (Å²) in [5.74, 6) is 2.01. The molecule has 0 bridgehead atoms. The summed E-state index contributed by atoms with van der Waals surface area (Å²) in [5, 5.41) is 5.45. The summed E-state index contributed by atoms with van der Waals surface area (Å²) in [6.45, 7) is 5.88. The highest BCUT2D eigenvalue weighted by molar-refractivity contribution is 7.09. The fraction of sp³-hybridized carbons (Fsp3) is 0.353. The van der Waals surface area contributed by atoms with Crippen molar-refractivity contribution >= 4 is 22.5 Å². The van der Waals surface area contributed by atoms with Gasteiger partial charge in [-0.2, -0.15) is 14.5 Å². The number of aryl methyl sites for hydroxylation is 2. The first-order valence-corrected chi connectivity index (χ1v) is 8.88. The van der Waals surface area contributed by atoms with Gasteiger partial charge in [0.25, 0.3) is 0 Å². The third-order valence-corrected chi connectivity index (χ3v) is 5.08. The van der Waals surface area contributed by atoms with Crippen molar-refractivity contribution in [3.05, 3.63) is 42.1 Å². The van der Waals surface area contributed by atoms with E-state index in [4.69, 9.17) is 4.98 Å². The summed E-state index contributed by atoms with van der Waals surface area (Å²) >= 11 is 1.48. The van der Waals surface area contributed by atoms with Gasteiger partial charge in [0.15, 0.2) is 5.82 Å². The molecule has 0 radical (unpaired) electrons. The normalized spacial score (nSPS) is 15.1. The van der Waals surface area contributed by atoms with Gasteiger partial charge in [0.05, 0.1) is 5.69 Å². The molecule has 1 aliphatic rings. The molecule has 24 heavy (non-hydrogen) atoms. The molecule has 3 heterocycles. The maximum absolute atomic E-state index is 4.72. The maximum atomic E-state index is 4.72. The zero-order chi connectivity index (χ0) is 16.5. The maximum Gasteiger partial charge on any atom is 0.205 e. The van der Waals surface area contributed by atoms with Gasteiger partial charge < -0.3 is 9.80 Å². The lowest BCUT2D eigenvalue weighted by Crippen LogP contribution is -2.47. The molecule has 3 aromatic rings. The quantitative estimate of drug-likeness (QED) is 0.733. The lowest BCUT2D eigenvalue weighted by atomic mass is 10.2. The fourth-order valence-electron chi connectivity index (χ4n) is 3.07. The molecule has 7 heteroatoms. The van der Waals surface area contributed by atoms with E-state index in [1.54, 1.807) is 0 Å². The van der Waals surface area contributed by atoms with Crippen molar-refractivity contribution in [3.63, 3.8) is 0 Å². The average molecular weight is 340 g/mol. The molecule has 0 saturated carbocycles. The second kappa shape index (κ2) is 6.24. The SMILES string of the molecule is Cc1cc(N2CCN(c3nc(-c4ccccc4)ns3)CC2)n(C)n1. The number of rotatable bonds is 3. The molecular weight excluding hydrogens is 320 g/mol. The van der Waals surface area contributed by atoms with Crippen LogP contribution in [0.2, 0.25) is 0 Å². The minimum absolute atomic E-state index is 0.820. The van der Waals surface area contributed by atoms with E-state index in [0.717, 1.165) is 48.4 Å². The first-order chi connectivity index (χ1) is 11.7. The Balaban J connectivity index is 1.45. The van der Waals surface area contributed by atoms with Crippen molar-refractivity contribution in [1.82, 2.24) is 19.1 Å². The Bertz CT molecular complexity index is 817. The van der Waals surface area contributed by atoms with Crippen LogP contribution >= 0.6 is 11.5 Å². The van der Waals surface area contributed by atoms with E-state index < -0.39 is 0 Å². The van der Waals surface area contributed by atoms with Gasteiger partial charge in [-0.25, -0.2) is 0 Å². The van der Waals surface area contributed by atoms with Crippen LogP contribution in [0.25, 0.3) is 11.4 Å². The molecule has 0 N–H and O–H groups in total.